The highest BCUT2D eigenvalue weighted by molar-refractivity contribution is 9.10. The van der Waals surface area contributed by atoms with Crippen molar-refractivity contribution in [3.8, 4) is 17.2 Å². The molecule has 0 saturated carbocycles. The van der Waals surface area contributed by atoms with Gasteiger partial charge in [-0.3, -0.25) is 0 Å². The molecule has 7 heteroatoms. The number of halogens is 1. The van der Waals surface area contributed by atoms with Crippen LogP contribution < -0.4 is 14.2 Å². The molecular weight excluding hydrogens is 476 g/mol. The monoisotopic (exact) mass is 494 g/mol. The molecule has 156 valence electrons. The fourth-order valence-electron chi connectivity index (χ4n) is 4.30. The molecule has 0 saturated heterocycles. The summed E-state index contributed by atoms with van der Waals surface area (Å²) in [6, 6.07) is 20.9. The van der Waals surface area contributed by atoms with Gasteiger partial charge in [-0.2, -0.15) is 5.10 Å². The van der Waals surface area contributed by atoms with E-state index in [1.165, 1.54) is 4.90 Å². The first-order chi connectivity index (χ1) is 15.2. The summed E-state index contributed by atoms with van der Waals surface area (Å²) in [7, 11) is 0. The van der Waals surface area contributed by atoms with Crippen LogP contribution in [0.15, 0.2) is 75.1 Å². The molecule has 0 bridgehead atoms. The lowest BCUT2D eigenvalue weighted by molar-refractivity contribution is -0.0191. The van der Waals surface area contributed by atoms with Crippen molar-refractivity contribution >= 4 is 33.4 Å². The topological polar surface area (TPSA) is 43.3 Å². The Kier molecular flexibility index (Phi) is 4.61. The molecule has 31 heavy (non-hydrogen) atoms. The van der Waals surface area contributed by atoms with Crippen LogP contribution in [0.1, 0.15) is 35.4 Å². The largest absolute Gasteiger partial charge is 0.464 e. The number of fused-ring (bicyclic) bond motifs is 4. The third-order valence-corrected chi connectivity index (χ3v) is 7.10. The molecule has 0 amide bonds. The molecule has 3 aliphatic rings. The molecule has 0 fully saturated rings. The van der Waals surface area contributed by atoms with Crippen LogP contribution in [-0.2, 0) is 0 Å². The molecule has 5 nitrogen and oxygen atoms in total. The molecule has 3 aromatic carbocycles. The Balaban J connectivity index is 1.42. The van der Waals surface area contributed by atoms with Gasteiger partial charge in [0.05, 0.1) is 11.8 Å². The number of thioether (sulfide) groups is 1. The molecule has 2 atom stereocenters. The van der Waals surface area contributed by atoms with Gasteiger partial charge in [-0.1, -0.05) is 28.1 Å². The Morgan fingerprint density at radius 3 is 2.61 bits per heavy atom. The molecule has 0 aliphatic carbocycles. The smallest absolute Gasteiger partial charge is 0.231 e. The number of hydrazone groups is 1. The molecule has 0 N–H and O–H groups in total. The first-order valence-corrected chi connectivity index (χ1v) is 12.1. The Bertz CT molecular complexity index is 1200. The number of ether oxygens (including phenoxy) is 3. The zero-order chi connectivity index (χ0) is 20.9. The van der Waals surface area contributed by atoms with E-state index in [1.807, 2.05) is 24.3 Å². The van der Waals surface area contributed by atoms with E-state index < -0.39 is 0 Å². The Morgan fingerprint density at radius 1 is 0.968 bits per heavy atom. The van der Waals surface area contributed by atoms with Crippen molar-refractivity contribution < 1.29 is 14.2 Å². The number of nitrogens with zero attached hydrogens (tertiary/aromatic N) is 2. The normalized spacial score (nSPS) is 20.7. The van der Waals surface area contributed by atoms with E-state index in [0.29, 0.717) is 0 Å². The van der Waals surface area contributed by atoms with Crippen LogP contribution in [0.4, 0.5) is 0 Å². The summed E-state index contributed by atoms with van der Waals surface area (Å²) < 4.78 is 18.5. The van der Waals surface area contributed by atoms with Crippen LogP contribution in [0.25, 0.3) is 0 Å². The zero-order valence-corrected chi connectivity index (χ0v) is 19.2. The summed E-state index contributed by atoms with van der Waals surface area (Å²) in [6.45, 7) is 0.267. The maximum absolute atomic E-state index is 6.47. The molecular formula is C24H19BrN2O3S. The number of hydrogen-bond donors (Lipinski definition) is 0. The van der Waals surface area contributed by atoms with Crippen molar-refractivity contribution in [2.24, 2.45) is 5.10 Å². The average molecular weight is 495 g/mol. The van der Waals surface area contributed by atoms with Crippen molar-refractivity contribution in [1.29, 1.82) is 0 Å². The highest BCUT2D eigenvalue weighted by Gasteiger charge is 2.41. The van der Waals surface area contributed by atoms with E-state index in [1.54, 1.807) is 11.8 Å². The molecule has 6 rings (SSSR count). The fraction of sp³-hybridized carbons (Fsp3) is 0.208. The molecule has 3 aromatic rings. The minimum Gasteiger partial charge on any atom is -0.464 e. The van der Waals surface area contributed by atoms with Gasteiger partial charge in [0.2, 0.25) is 13.0 Å². The van der Waals surface area contributed by atoms with Crippen LogP contribution in [0.3, 0.4) is 0 Å². The third kappa shape index (κ3) is 3.27. The summed E-state index contributed by atoms with van der Waals surface area (Å²) in [5.41, 5.74) is 4.30. The Morgan fingerprint density at radius 2 is 1.77 bits per heavy atom. The van der Waals surface area contributed by atoms with Crippen LogP contribution in [0, 0.1) is 0 Å². The first-order valence-electron chi connectivity index (χ1n) is 10.1. The van der Waals surface area contributed by atoms with E-state index in [4.69, 9.17) is 19.3 Å². The van der Waals surface area contributed by atoms with E-state index >= 15 is 0 Å². The quantitative estimate of drug-likeness (QED) is 0.409. The lowest BCUT2D eigenvalue weighted by Gasteiger charge is -2.38. The minimum atomic E-state index is -0.277. The maximum Gasteiger partial charge on any atom is 0.231 e. The summed E-state index contributed by atoms with van der Waals surface area (Å²) in [4.78, 5) is 1.23. The third-order valence-electron chi connectivity index (χ3n) is 5.86. The second-order valence-corrected chi connectivity index (χ2v) is 9.44. The van der Waals surface area contributed by atoms with Gasteiger partial charge in [-0.05, 0) is 54.8 Å². The van der Waals surface area contributed by atoms with Gasteiger partial charge in [-0.15, -0.1) is 11.8 Å². The minimum absolute atomic E-state index is 0.104. The molecule has 3 heterocycles. The van der Waals surface area contributed by atoms with Gasteiger partial charge in [0.25, 0.3) is 0 Å². The van der Waals surface area contributed by atoms with E-state index in [-0.39, 0.29) is 19.1 Å². The Labute approximate surface area is 193 Å². The van der Waals surface area contributed by atoms with Gasteiger partial charge in [0, 0.05) is 32.5 Å². The van der Waals surface area contributed by atoms with Crippen molar-refractivity contribution in [2.75, 3.05) is 13.0 Å². The summed E-state index contributed by atoms with van der Waals surface area (Å²) in [5, 5.41) is 7.14. The van der Waals surface area contributed by atoms with Crippen LogP contribution in [-0.4, -0.2) is 23.8 Å². The van der Waals surface area contributed by atoms with Gasteiger partial charge >= 0.3 is 0 Å². The summed E-state index contributed by atoms with van der Waals surface area (Å²) >= 11 is 5.34. The number of benzene rings is 3. The zero-order valence-electron chi connectivity index (χ0n) is 16.7. The van der Waals surface area contributed by atoms with E-state index in [0.717, 1.165) is 50.5 Å². The van der Waals surface area contributed by atoms with Crippen LogP contribution >= 0.6 is 27.7 Å². The summed E-state index contributed by atoms with van der Waals surface area (Å²) in [6.07, 6.45) is 2.60. The molecule has 0 spiro atoms. The Hall–Kier alpha value is -2.64. The first kappa shape index (κ1) is 19.1. The lowest BCUT2D eigenvalue weighted by atomic mass is 9.96. The van der Waals surface area contributed by atoms with Crippen molar-refractivity contribution in [3.05, 3.63) is 81.8 Å². The standard InChI is InChI=1S/C24H19BrN2O3S/c1-31-17-6-2-14(3-7-17)24-27-20(18-11-16(25)5-9-21(18)30-24)12-19(26-27)15-4-8-22-23(10-15)29-13-28-22/h2-11,20,24H,12-13H2,1H3/t20-,24-/m0/s1. The molecule has 3 aliphatic heterocycles. The number of rotatable bonds is 3. The van der Waals surface area contributed by atoms with Gasteiger partial charge in [0.1, 0.15) is 5.75 Å². The highest BCUT2D eigenvalue weighted by Crippen LogP contribution is 2.48. The van der Waals surface area contributed by atoms with Gasteiger partial charge in [-0.25, -0.2) is 5.01 Å². The molecule has 0 radical (unpaired) electrons. The van der Waals surface area contributed by atoms with Crippen LogP contribution in [0.5, 0.6) is 17.2 Å². The van der Waals surface area contributed by atoms with E-state index in [9.17, 15) is 0 Å². The van der Waals surface area contributed by atoms with Crippen LogP contribution in [0.2, 0.25) is 0 Å². The predicted octanol–water partition coefficient (Wildman–Crippen LogP) is 6.14. The predicted molar refractivity (Wildman–Crippen MR) is 124 cm³/mol. The average Bonchev–Trinajstić information content (AvgIpc) is 3.45. The molecule has 0 aromatic heterocycles. The number of hydrogen-bond acceptors (Lipinski definition) is 6. The fourth-order valence-corrected chi connectivity index (χ4v) is 5.08. The second kappa shape index (κ2) is 7.50. The van der Waals surface area contributed by atoms with Gasteiger partial charge < -0.3 is 14.2 Å². The van der Waals surface area contributed by atoms with Crippen molar-refractivity contribution in [2.45, 2.75) is 23.6 Å². The maximum atomic E-state index is 6.47. The molecule has 0 unspecified atom stereocenters. The highest BCUT2D eigenvalue weighted by atomic mass is 79.9. The lowest BCUT2D eigenvalue weighted by Crippen LogP contribution is -2.33. The van der Waals surface area contributed by atoms with Crippen molar-refractivity contribution in [1.82, 2.24) is 5.01 Å². The SMILES string of the molecule is CSc1ccc([C@@H]2Oc3ccc(Br)cc3[C@@H]3CC(c4ccc5c(c4)OCO5)=NN32)cc1. The van der Waals surface area contributed by atoms with Gasteiger partial charge in [0.15, 0.2) is 11.5 Å². The second-order valence-electron chi connectivity index (χ2n) is 7.64. The van der Waals surface area contributed by atoms with E-state index in [2.05, 4.69) is 63.6 Å². The summed E-state index contributed by atoms with van der Waals surface area (Å²) in [5.74, 6) is 2.46. The van der Waals surface area contributed by atoms with Crippen molar-refractivity contribution in [3.63, 3.8) is 0 Å².